The number of aliphatic hydroxyl groups is 1. The van der Waals surface area contributed by atoms with Gasteiger partial charge in [-0.05, 0) is 37.1 Å². The number of hydrogen-bond donors (Lipinski definition) is 1. The van der Waals surface area contributed by atoms with Crippen LogP contribution in [0.4, 0.5) is 0 Å². The van der Waals surface area contributed by atoms with Crippen molar-refractivity contribution >= 4 is 0 Å². The Morgan fingerprint density at radius 1 is 1.07 bits per heavy atom. The summed E-state index contributed by atoms with van der Waals surface area (Å²) in [4.78, 5) is 4.95. The molecule has 1 saturated heterocycles. The van der Waals surface area contributed by atoms with Gasteiger partial charge in [0.1, 0.15) is 11.5 Å². The average Bonchev–Trinajstić information content (AvgIpc) is 2.72. The largest absolute Gasteiger partial charge is 0.497 e. The van der Waals surface area contributed by atoms with Gasteiger partial charge >= 0.3 is 0 Å². The fourth-order valence-electron chi connectivity index (χ4n) is 3.91. The first kappa shape index (κ1) is 20.6. The second kappa shape index (κ2) is 10.5. The van der Waals surface area contributed by atoms with Crippen molar-refractivity contribution in [2.24, 2.45) is 0 Å². The highest BCUT2D eigenvalue weighted by Gasteiger charge is 2.27. The molecule has 1 aliphatic heterocycles. The van der Waals surface area contributed by atoms with E-state index < -0.39 is 0 Å². The van der Waals surface area contributed by atoms with Crippen LogP contribution in [0.15, 0.2) is 48.5 Å². The molecule has 1 fully saturated rings. The molecule has 5 heteroatoms. The highest BCUT2D eigenvalue weighted by atomic mass is 16.5. The number of ether oxygens (including phenoxy) is 2. The molecule has 1 atom stereocenters. The highest BCUT2D eigenvalue weighted by Crippen LogP contribution is 2.24. The van der Waals surface area contributed by atoms with Gasteiger partial charge in [-0.25, -0.2) is 0 Å². The van der Waals surface area contributed by atoms with Crippen LogP contribution in [-0.2, 0) is 13.1 Å². The zero-order valence-electron chi connectivity index (χ0n) is 17.0. The lowest BCUT2D eigenvalue weighted by Crippen LogP contribution is -2.52. The quantitative estimate of drug-likeness (QED) is 0.720. The number of hydrogen-bond acceptors (Lipinski definition) is 5. The molecule has 0 spiro atoms. The van der Waals surface area contributed by atoms with E-state index in [1.54, 1.807) is 7.11 Å². The van der Waals surface area contributed by atoms with Crippen molar-refractivity contribution in [3.05, 3.63) is 59.7 Å². The van der Waals surface area contributed by atoms with Crippen LogP contribution in [0.5, 0.6) is 11.5 Å². The smallest absolute Gasteiger partial charge is 0.123 e. The summed E-state index contributed by atoms with van der Waals surface area (Å²) in [6.07, 6.45) is 0.783. The van der Waals surface area contributed by atoms with Crippen LogP contribution in [0.2, 0.25) is 0 Å². The third kappa shape index (κ3) is 5.47. The number of para-hydroxylation sites is 1. The summed E-state index contributed by atoms with van der Waals surface area (Å²) >= 11 is 0. The van der Waals surface area contributed by atoms with Crippen molar-refractivity contribution in [1.82, 2.24) is 9.80 Å². The Kier molecular flexibility index (Phi) is 7.71. The first-order valence-electron chi connectivity index (χ1n) is 10.1. The van der Waals surface area contributed by atoms with E-state index in [4.69, 9.17) is 9.47 Å². The summed E-state index contributed by atoms with van der Waals surface area (Å²) in [5.74, 6) is 1.86. The molecule has 1 heterocycles. The number of aliphatic hydroxyl groups excluding tert-OH is 1. The van der Waals surface area contributed by atoms with Crippen LogP contribution in [-0.4, -0.2) is 60.9 Å². The summed E-state index contributed by atoms with van der Waals surface area (Å²) in [7, 11) is 1.70. The van der Waals surface area contributed by atoms with E-state index in [2.05, 4.69) is 34.1 Å². The van der Waals surface area contributed by atoms with Crippen LogP contribution in [0.1, 0.15) is 24.5 Å². The van der Waals surface area contributed by atoms with Crippen LogP contribution < -0.4 is 9.47 Å². The van der Waals surface area contributed by atoms with E-state index in [0.29, 0.717) is 12.6 Å². The molecule has 3 rings (SSSR count). The lowest BCUT2D eigenvalue weighted by atomic mass is 10.1. The van der Waals surface area contributed by atoms with Gasteiger partial charge in [-0.3, -0.25) is 9.80 Å². The van der Waals surface area contributed by atoms with E-state index in [0.717, 1.165) is 50.6 Å². The van der Waals surface area contributed by atoms with Crippen molar-refractivity contribution in [1.29, 1.82) is 0 Å². The molecule has 2 aromatic carbocycles. The van der Waals surface area contributed by atoms with Gasteiger partial charge in [0, 0.05) is 50.9 Å². The molecule has 0 saturated carbocycles. The Morgan fingerprint density at radius 2 is 1.93 bits per heavy atom. The average molecular weight is 385 g/mol. The summed E-state index contributed by atoms with van der Waals surface area (Å²) in [6, 6.07) is 16.9. The maximum Gasteiger partial charge on any atom is 0.123 e. The van der Waals surface area contributed by atoms with Crippen molar-refractivity contribution < 1.29 is 14.6 Å². The second-order valence-electron chi connectivity index (χ2n) is 7.26. The van der Waals surface area contributed by atoms with Crippen LogP contribution >= 0.6 is 0 Å². The van der Waals surface area contributed by atoms with Crippen molar-refractivity contribution in [3.8, 4) is 11.5 Å². The minimum atomic E-state index is 0.210. The maximum atomic E-state index is 9.60. The van der Waals surface area contributed by atoms with Gasteiger partial charge in [-0.2, -0.15) is 0 Å². The number of benzene rings is 2. The van der Waals surface area contributed by atoms with Gasteiger partial charge in [0.05, 0.1) is 13.7 Å². The maximum absolute atomic E-state index is 9.60. The van der Waals surface area contributed by atoms with E-state index in [-0.39, 0.29) is 6.61 Å². The third-order valence-corrected chi connectivity index (χ3v) is 5.34. The summed E-state index contributed by atoms with van der Waals surface area (Å²) < 4.78 is 11.1. The van der Waals surface area contributed by atoms with Crippen LogP contribution in [0.25, 0.3) is 0 Å². The number of nitrogens with zero attached hydrogens (tertiary/aromatic N) is 2. The van der Waals surface area contributed by atoms with E-state index in [1.165, 1.54) is 11.1 Å². The minimum absolute atomic E-state index is 0.210. The number of rotatable bonds is 9. The molecule has 1 N–H and O–H groups in total. The first-order chi connectivity index (χ1) is 13.7. The Bertz CT molecular complexity index is 737. The molecule has 0 bridgehead atoms. The Morgan fingerprint density at radius 3 is 2.71 bits per heavy atom. The summed E-state index contributed by atoms with van der Waals surface area (Å²) in [5.41, 5.74) is 2.48. The molecule has 1 aliphatic rings. The molecule has 0 aromatic heterocycles. The zero-order valence-corrected chi connectivity index (χ0v) is 17.0. The molecule has 152 valence electrons. The van der Waals surface area contributed by atoms with Gasteiger partial charge < -0.3 is 14.6 Å². The Hall–Kier alpha value is -2.08. The predicted molar refractivity (Wildman–Crippen MR) is 112 cm³/mol. The van der Waals surface area contributed by atoms with Crippen LogP contribution in [0, 0.1) is 0 Å². The molecule has 5 nitrogen and oxygen atoms in total. The molecule has 0 amide bonds. The number of piperazine rings is 1. The van der Waals surface area contributed by atoms with Crippen molar-refractivity contribution in [3.63, 3.8) is 0 Å². The fourth-order valence-corrected chi connectivity index (χ4v) is 3.91. The molecule has 0 aliphatic carbocycles. The standard InChI is InChI=1S/C23H32N2O3/c1-3-28-23-10-5-4-8-20(23)17-25-13-12-24(18-21(25)11-14-26)16-19-7-6-9-22(15-19)27-2/h4-10,15,21,26H,3,11-14,16-18H2,1-2H3/t21-/m0/s1. The van der Waals surface area contributed by atoms with Gasteiger partial charge in [0.25, 0.3) is 0 Å². The SMILES string of the molecule is CCOc1ccccc1CN1CCN(Cc2cccc(OC)c2)C[C@@H]1CCO. The monoisotopic (exact) mass is 384 g/mol. The second-order valence-corrected chi connectivity index (χ2v) is 7.26. The van der Waals surface area contributed by atoms with Crippen LogP contribution in [0.3, 0.4) is 0 Å². The molecule has 2 aromatic rings. The lowest BCUT2D eigenvalue weighted by molar-refractivity contribution is 0.0494. The summed E-state index contributed by atoms with van der Waals surface area (Å²) in [5, 5.41) is 9.60. The first-order valence-corrected chi connectivity index (χ1v) is 10.1. The predicted octanol–water partition coefficient (Wildman–Crippen LogP) is 3.16. The van der Waals surface area contributed by atoms with Gasteiger partial charge in [-0.15, -0.1) is 0 Å². The zero-order chi connectivity index (χ0) is 19.8. The van der Waals surface area contributed by atoms with Gasteiger partial charge in [0.15, 0.2) is 0 Å². The van der Waals surface area contributed by atoms with E-state index >= 15 is 0 Å². The highest BCUT2D eigenvalue weighted by molar-refractivity contribution is 5.33. The lowest BCUT2D eigenvalue weighted by Gasteiger charge is -2.41. The van der Waals surface area contributed by atoms with Gasteiger partial charge in [-0.1, -0.05) is 30.3 Å². The number of methoxy groups -OCH3 is 1. The topological polar surface area (TPSA) is 45.2 Å². The Balaban J connectivity index is 1.65. The molecule has 0 radical (unpaired) electrons. The van der Waals surface area contributed by atoms with E-state index in [9.17, 15) is 5.11 Å². The molecular formula is C23H32N2O3. The minimum Gasteiger partial charge on any atom is -0.497 e. The van der Waals surface area contributed by atoms with Crippen molar-refractivity contribution in [2.75, 3.05) is 40.0 Å². The molecule has 0 unspecified atom stereocenters. The Labute approximate surface area is 168 Å². The normalized spacial score (nSPS) is 18.2. The summed E-state index contributed by atoms with van der Waals surface area (Å²) in [6.45, 7) is 7.60. The van der Waals surface area contributed by atoms with E-state index in [1.807, 2.05) is 31.2 Å². The third-order valence-electron chi connectivity index (χ3n) is 5.34. The van der Waals surface area contributed by atoms with Crippen molar-refractivity contribution in [2.45, 2.75) is 32.5 Å². The van der Waals surface area contributed by atoms with Gasteiger partial charge in [0.2, 0.25) is 0 Å². The fraction of sp³-hybridized carbons (Fsp3) is 0.478. The molecule has 28 heavy (non-hydrogen) atoms. The molecular weight excluding hydrogens is 352 g/mol.